The van der Waals surface area contributed by atoms with Crippen molar-refractivity contribution in [3.8, 4) is 5.75 Å². The fraction of sp³-hybridized carbons (Fsp3) is 0.333. The monoisotopic (exact) mass is 494 g/mol. The number of nitrogens with zero attached hydrogens (tertiary/aromatic N) is 2. The molecule has 1 aliphatic heterocycles. The van der Waals surface area contributed by atoms with Crippen LogP contribution in [-0.2, 0) is 4.74 Å². The number of carbonyl (C=O) groups excluding carboxylic acids is 2. The van der Waals surface area contributed by atoms with Crippen molar-refractivity contribution in [2.45, 2.75) is 18.9 Å². The second-order valence-electron chi connectivity index (χ2n) is 6.54. The topological polar surface area (TPSA) is 59.1 Å². The number of methoxy groups -OCH3 is 2. The molecule has 0 bridgehead atoms. The molecule has 0 aromatic heterocycles. The molecule has 148 valence electrons. The molecule has 1 atom stereocenters. The number of rotatable bonds is 6. The van der Waals surface area contributed by atoms with Gasteiger partial charge in [0.1, 0.15) is 5.75 Å². The summed E-state index contributed by atoms with van der Waals surface area (Å²) < 4.78 is 11.3. The Morgan fingerprint density at radius 1 is 1.11 bits per heavy atom. The molecule has 6 nitrogen and oxygen atoms in total. The molecule has 28 heavy (non-hydrogen) atoms. The van der Waals surface area contributed by atoms with Gasteiger partial charge >= 0.3 is 0 Å². The molecule has 1 heterocycles. The SMILES string of the molecule is COC[C@@H]1CCCN1N(C(=O)c1ccc(OC)cc1)C(=O)c1ccccc1I. The molecule has 2 amide bonds. The van der Waals surface area contributed by atoms with Crippen molar-refractivity contribution in [3.63, 3.8) is 0 Å². The smallest absolute Gasteiger partial charge is 0.276 e. The lowest BCUT2D eigenvalue weighted by Crippen LogP contribution is -2.53. The third-order valence-electron chi connectivity index (χ3n) is 4.79. The summed E-state index contributed by atoms with van der Waals surface area (Å²) in [5, 5.41) is 3.14. The van der Waals surface area contributed by atoms with Gasteiger partial charge in [-0.25, -0.2) is 10.0 Å². The van der Waals surface area contributed by atoms with Crippen molar-refractivity contribution >= 4 is 34.4 Å². The van der Waals surface area contributed by atoms with Crippen LogP contribution >= 0.6 is 22.6 Å². The van der Waals surface area contributed by atoms with Crippen LogP contribution in [0.3, 0.4) is 0 Å². The summed E-state index contributed by atoms with van der Waals surface area (Å²) in [5.74, 6) is -0.0189. The second kappa shape index (κ2) is 9.49. The molecule has 2 aromatic carbocycles. The van der Waals surface area contributed by atoms with Gasteiger partial charge in [-0.05, 0) is 71.8 Å². The Hall–Kier alpha value is -1.97. The van der Waals surface area contributed by atoms with E-state index in [2.05, 4.69) is 22.6 Å². The molecule has 7 heteroatoms. The van der Waals surface area contributed by atoms with E-state index >= 15 is 0 Å². The molecule has 3 rings (SSSR count). The molecular formula is C21H23IN2O4. The van der Waals surface area contributed by atoms with Gasteiger partial charge in [0.15, 0.2) is 0 Å². The lowest BCUT2D eigenvalue weighted by molar-refractivity contribution is -0.0235. The maximum Gasteiger partial charge on any atom is 0.276 e. The summed E-state index contributed by atoms with van der Waals surface area (Å²) in [7, 11) is 3.21. The lowest BCUT2D eigenvalue weighted by atomic mass is 10.1. The van der Waals surface area contributed by atoms with Crippen LogP contribution < -0.4 is 4.74 Å². The van der Waals surface area contributed by atoms with Crippen LogP contribution in [0, 0.1) is 3.57 Å². The Labute approximate surface area is 178 Å². The van der Waals surface area contributed by atoms with Crippen molar-refractivity contribution < 1.29 is 19.1 Å². The fourth-order valence-corrected chi connectivity index (χ4v) is 3.99. The van der Waals surface area contributed by atoms with Crippen LogP contribution in [0.2, 0.25) is 0 Å². The highest BCUT2D eigenvalue weighted by Gasteiger charge is 2.37. The minimum absolute atomic E-state index is 0.0162. The molecule has 1 saturated heterocycles. The first kappa shape index (κ1) is 20.8. The van der Waals surface area contributed by atoms with Crippen LogP contribution in [0.4, 0.5) is 0 Å². The number of ether oxygens (including phenoxy) is 2. The van der Waals surface area contributed by atoms with E-state index in [4.69, 9.17) is 9.47 Å². The number of hydrogen-bond acceptors (Lipinski definition) is 5. The molecule has 1 fully saturated rings. The number of imide groups is 1. The maximum atomic E-state index is 13.4. The first-order chi connectivity index (χ1) is 13.6. The summed E-state index contributed by atoms with van der Waals surface area (Å²) in [5.41, 5.74) is 0.941. The summed E-state index contributed by atoms with van der Waals surface area (Å²) in [4.78, 5) is 26.8. The van der Waals surface area contributed by atoms with E-state index in [1.54, 1.807) is 44.6 Å². The molecular weight excluding hydrogens is 471 g/mol. The van der Waals surface area contributed by atoms with Gasteiger partial charge in [-0.2, -0.15) is 0 Å². The number of halogens is 1. The quantitative estimate of drug-likeness (QED) is 0.454. The third-order valence-corrected chi connectivity index (χ3v) is 5.73. The van der Waals surface area contributed by atoms with Gasteiger partial charge in [-0.1, -0.05) is 12.1 Å². The summed E-state index contributed by atoms with van der Waals surface area (Å²) in [6.45, 7) is 1.09. The zero-order valence-electron chi connectivity index (χ0n) is 15.9. The third kappa shape index (κ3) is 4.37. The predicted octanol–water partition coefficient (Wildman–Crippen LogP) is 3.61. The number of hydrazine groups is 1. The molecule has 0 N–H and O–H groups in total. The standard InChI is InChI=1S/C21H23IN2O4/c1-27-14-16-6-5-13-23(16)24(21(26)18-7-3-4-8-19(18)22)20(25)15-9-11-17(28-2)12-10-15/h3-4,7-12,16H,5-6,13-14H2,1-2H3/t16-/m0/s1. The first-order valence-electron chi connectivity index (χ1n) is 9.09. The van der Waals surface area contributed by atoms with Crippen LogP contribution in [0.5, 0.6) is 5.75 Å². The van der Waals surface area contributed by atoms with Crippen LogP contribution in [0.25, 0.3) is 0 Å². The Balaban J connectivity index is 1.99. The molecule has 0 spiro atoms. The van der Waals surface area contributed by atoms with E-state index in [9.17, 15) is 9.59 Å². The molecule has 0 saturated carbocycles. The number of hydrogen-bond donors (Lipinski definition) is 0. The highest BCUT2D eigenvalue weighted by Crippen LogP contribution is 2.25. The van der Waals surface area contributed by atoms with Crippen molar-refractivity contribution in [3.05, 3.63) is 63.2 Å². The fourth-order valence-electron chi connectivity index (χ4n) is 3.38. The van der Waals surface area contributed by atoms with Gasteiger partial charge in [-0.15, -0.1) is 0 Å². The minimum Gasteiger partial charge on any atom is -0.497 e. The highest BCUT2D eigenvalue weighted by molar-refractivity contribution is 14.1. The van der Waals surface area contributed by atoms with Crippen molar-refractivity contribution in [1.29, 1.82) is 0 Å². The first-order valence-corrected chi connectivity index (χ1v) is 10.2. The zero-order chi connectivity index (χ0) is 20.1. The number of carbonyl (C=O) groups is 2. The molecule has 1 aliphatic rings. The molecule has 0 unspecified atom stereocenters. The van der Waals surface area contributed by atoms with E-state index in [-0.39, 0.29) is 17.9 Å². The largest absolute Gasteiger partial charge is 0.497 e. The average molecular weight is 494 g/mol. The van der Waals surface area contributed by atoms with Gasteiger partial charge in [0, 0.05) is 22.8 Å². The molecule has 0 radical (unpaired) electrons. The van der Waals surface area contributed by atoms with Crippen molar-refractivity contribution in [2.75, 3.05) is 27.4 Å². The van der Waals surface area contributed by atoms with Crippen molar-refractivity contribution in [2.24, 2.45) is 0 Å². The van der Waals surface area contributed by atoms with Crippen molar-refractivity contribution in [1.82, 2.24) is 10.0 Å². The van der Waals surface area contributed by atoms with Gasteiger partial charge in [-0.3, -0.25) is 9.59 Å². The number of benzene rings is 2. The minimum atomic E-state index is -0.352. The number of amides is 2. The van der Waals surface area contributed by atoms with Crippen LogP contribution in [0.15, 0.2) is 48.5 Å². The Morgan fingerprint density at radius 2 is 1.82 bits per heavy atom. The van der Waals surface area contributed by atoms with E-state index in [0.29, 0.717) is 30.0 Å². The van der Waals surface area contributed by atoms with Crippen LogP contribution in [0.1, 0.15) is 33.6 Å². The Bertz CT molecular complexity index is 841. The highest BCUT2D eigenvalue weighted by atomic mass is 127. The maximum absolute atomic E-state index is 13.4. The van der Waals surface area contributed by atoms with E-state index < -0.39 is 0 Å². The van der Waals surface area contributed by atoms with Gasteiger partial charge in [0.2, 0.25) is 0 Å². The summed E-state index contributed by atoms with van der Waals surface area (Å²) in [6.07, 6.45) is 1.78. The van der Waals surface area contributed by atoms with Crippen LogP contribution in [-0.4, -0.2) is 55.2 Å². The van der Waals surface area contributed by atoms with Gasteiger partial charge in [0.05, 0.1) is 25.3 Å². The van der Waals surface area contributed by atoms with E-state index in [1.165, 1.54) is 5.01 Å². The van der Waals surface area contributed by atoms with Gasteiger partial charge in [0.25, 0.3) is 11.8 Å². The van der Waals surface area contributed by atoms with E-state index in [0.717, 1.165) is 16.4 Å². The average Bonchev–Trinajstić information content (AvgIpc) is 3.16. The molecule has 2 aromatic rings. The second-order valence-corrected chi connectivity index (χ2v) is 7.71. The lowest BCUT2D eigenvalue weighted by Gasteiger charge is -2.34. The Kier molecular flexibility index (Phi) is 7.03. The normalized spacial score (nSPS) is 16.8. The zero-order valence-corrected chi connectivity index (χ0v) is 18.1. The Morgan fingerprint density at radius 3 is 2.46 bits per heavy atom. The van der Waals surface area contributed by atoms with E-state index in [1.807, 2.05) is 23.2 Å². The predicted molar refractivity (Wildman–Crippen MR) is 114 cm³/mol. The van der Waals surface area contributed by atoms with Gasteiger partial charge < -0.3 is 9.47 Å². The summed E-state index contributed by atoms with van der Waals surface area (Å²) in [6, 6.07) is 14.1. The molecule has 0 aliphatic carbocycles. The summed E-state index contributed by atoms with van der Waals surface area (Å²) >= 11 is 2.12.